The van der Waals surface area contributed by atoms with Gasteiger partial charge in [-0.25, -0.2) is 25.6 Å². The minimum atomic E-state index is -4.93. The Morgan fingerprint density at radius 1 is 0.717 bits per heavy atom. The second-order valence-corrected chi connectivity index (χ2v) is 16.4. The van der Waals surface area contributed by atoms with Crippen molar-refractivity contribution in [2.75, 3.05) is 17.3 Å². The molecular weight excluding hydrogens is 770 g/mol. The zero-order valence-electron chi connectivity index (χ0n) is 27.2. The molecular formula is C32H33F8N3O8S2. The van der Waals surface area contributed by atoms with Crippen molar-refractivity contribution in [2.45, 2.75) is 55.1 Å². The highest BCUT2D eigenvalue weighted by molar-refractivity contribution is 7.91. The van der Waals surface area contributed by atoms with Gasteiger partial charge in [0, 0.05) is 12.4 Å². The van der Waals surface area contributed by atoms with Crippen LogP contribution in [0.4, 0.5) is 35.1 Å². The van der Waals surface area contributed by atoms with Crippen molar-refractivity contribution >= 4 is 31.6 Å². The topological polar surface area (TPSA) is 180 Å². The van der Waals surface area contributed by atoms with E-state index in [0.29, 0.717) is 12.8 Å². The highest BCUT2D eigenvalue weighted by atomic mass is 32.2. The molecule has 0 aliphatic heterocycles. The van der Waals surface area contributed by atoms with Crippen LogP contribution in [0.2, 0.25) is 0 Å². The van der Waals surface area contributed by atoms with Crippen LogP contribution in [0.1, 0.15) is 41.6 Å². The lowest BCUT2D eigenvalue weighted by atomic mass is 10.1. The molecule has 1 fully saturated rings. The Hall–Kier alpha value is -4.21. The summed E-state index contributed by atoms with van der Waals surface area (Å²) in [4.78, 5) is 26.4. The molecule has 1 aliphatic carbocycles. The highest BCUT2D eigenvalue weighted by Gasteiger charge is 2.45. The molecule has 4 rings (SSSR count). The number of nitrogens with zero attached hydrogens (tertiary/aromatic N) is 1. The number of sulfone groups is 2. The largest absolute Gasteiger partial charge is 0.480 e. The Balaban J connectivity index is 0.000000287. The van der Waals surface area contributed by atoms with E-state index in [-0.39, 0.29) is 17.2 Å². The molecule has 3 aromatic rings. The second kappa shape index (κ2) is 17.7. The maximum absolute atomic E-state index is 13.4. The van der Waals surface area contributed by atoms with Gasteiger partial charge in [-0.05, 0) is 65.8 Å². The van der Waals surface area contributed by atoms with E-state index in [9.17, 15) is 66.7 Å². The fourth-order valence-electron chi connectivity index (χ4n) is 4.87. The van der Waals surface area contributed by atoms with Crippen molar-refractivity contribution in [3.05, 3.63) is 101 Å². The number of aliphatic carboxylic acids is 2. The summed E-state index contributed by atoms with van der Waals surface area (Å²) in [5.74, 6) is -7.81. The normalized spacial score (nSPS) is 16.1. The van der Waals surface area contributed by atoms with Crippen molar-refractivity contribution in [1.82, 2.24) is 15.6 Å². The van der Waals surface area contributed by atoms with Crippen LogP contribution in [0.3, 0.4) is 0 Å². The first-order chi connectivity index (χ1) is 24.5. The van der Waals surface area contributed by atoms with Gasteiger partial charge in [-0.1, -0.05) is 30.3 Å². The van der Waals surface area contributed by atoms with E-state index in [1.54, 1.807) is 0 Å². The van der Waals surface area contributed by atoms with Gasteiger partial charge in [0.15, 0.2) is 19.7 Å². The monoisotopic (exact) mass is 803 g/mol. The molecule has 1 heterocycles. The minimum absolute atomic E-state index is 0.0463. The van der Waals surface area contributed by atoms with Crippen molar-refractivity contribution in [1.29, 1.82) is 0 Å². The third kappa shape index (κ3) is 14.6. The summed E-state index contributed by atoms with van der Waals surface area (Å²) in [6.45, 7) is 0. The fourth-order valence-corrected chi connectivity index (χ4v) is 8.35. The summed E-state index contributed by atoms with van der Waals surface area (Å²) in [6.07, 6.45) is -5.72. The van der Waals surface area contributed by atoms with E-state index in [1.165, 1.54) is 24.5 Å². The van der Waals surface area contributed by atoms with Crippen LogP contribution < -0.4 is 10.6 Å². The number of halogens is 8. The van der Waals surface area contributed by atoms with Gasteiger partial charge in [-0.2, -0.15) is 26.3 Å². The zero-order valence-corrected chi connectivity index (χ0v) is 28.8. The predicted molar refractivity (Wildman–Crippen MR) is 173 cm³/mol. The number of nitrogens with one attached hydrogen (secondary N) is 2. The Bertz CT molecular complexity index is 1890. The molecule has 2 aromatic carbocycles. The quantitative estimate of drug-likeness (QED) is 0.147. The fraction of sp³-hybridized carbons (Fsp3) is 0.406. The van der Waals surface area contributed by atoms with Gasteiger partial charge in [0.2, 0.25) is 0 Å². The zero-order chi connectivity index (χ0) is 39.8. The number of hydrogen-bond donors (Lipinski definition) is 4. The molecule has 11 nitrogen and oxygen atoms in total. The maximum atomic E-state index is 13.4. The third-order valence-electron chi connectivity index (χ3n) is 7.53. The minimum Gasteiger partial charge on any atom is -0.480 e. The van der Waals surface area contributed by atoms with Crippen LogP contribution in [0, 0.1) is 17.6 Å². The van der Waals surface area contributed by atoms with Gasteiger partial charge in [0.25, 0.3) is 0 Å². The Morgan fingerprint density at radius 3 is 1.47 bits per heavy atom. The Labute approximate surface area is 298 Å². The van der Waals surface area contributed by atoms with Gasteiger partial charge in [-0.3, -0.25) is 25.2 Å². The average Bonchev–Trinajstić information content (AvgIpc) is 3.85. The highest BCUT2D eigenvalue weighted by Crippen LogP contribution is 2.35. The summed E-state index contributed by atoms with van der Waals surface area (Å²) in [7, 11) is -7.88. The van der Waals surface area contributed by atoms with Crippen LogP contribution in [-0.4, -0.2) is 85.7 Å². The van der Waals surface area contributed by atoms with E-state index in [0.717, 1.165) is 48.5 Å². The van der Waals surface area contributed by atoms with Gasteiger partial charge in [0.1, 0.15) is 35.8 Å². The molecule has 0 amide bonds. The van der Waals surface area contributed by atoms with E-state index in [1.807, 2.05) is 10.6 Å². The molecule has 292 valence electrons. The third-order valence-corrected chi connectivity index (χ3v) is 11.0. The van der Waals surface area contributed by atoms with Crippen molar-refractivity contribution in [2.24, 2.45) is 5.92 Å². The molecule has 1 aromatic heterocycles. The summed E-state index contributed by atoms with van der Waals surface area (Å²) in [5.41, 5.74) is -0.568. The van der Waals surface area contributed by atoms with Gasteiger partial charge in [-0.15, -0.1) is 0 Å². The number of aromatic nitrogens is 1. The van der Waals surface area contributed by atoms with Crippen LogP contribution in [-0.2, 0) is 35.0 Å². The van der Waals surface area contributed by atoms with E-state index >= 15 is 0 Å². The van der Waals surface area contributed by atoms with E-state index < -0.39 is 108 Å². The van der Waals surface area contributed by atoms with E-state index in [4.69, 9.17) is 5.11 Å². The molecule has 0 bridgehead atoms. The number of alkyl halides is 6. The SMILES string of the molecule is O=C(O)[C@H](CS(=O)(=O)CC1CC1)N[C@@H](c1ccc(F)cc1)C(F)(F)F.O=C(O)[C@H](CS(=O)(=O)Cc1cccnc1)N[C@@H](c1ccc(F)cc1)C(F)(F)F. The standard InChI is InChI=1S/C17H16F4N2O4S.C15H17F4NO4S/c18-13-5-3-12(4-6-13)15(17(19,20)21)23-14(16(24)25)10-28(26,27)9-11-2-1-7-22-8-11;16-11-5-3-10(4-6-11)13(15(17,18)19)20-12(14(21)22)8-25(23,24)7-9-1-2-9/h1-8,14-15,23H,9-10H2,(H,24,25);3-6,9,12-13,20H,1-2,7-8H2,(H,21,22)/t14-,15-;12-,13-/m00/s1. The number of pyridine rings is 1. The Kier molecular flexibility index (Phi) is 14.5. The lowest BCUT2D eigenvalue weighted by Gasteiger charge is -2.26. The Morgan fingerprint density at radius 2 is 1.13 bits per heavy atom. The molecule has 4 N–H and O–H groups in total. The van der Waals surface area contributed by atoms with Gasteiger partial charge in [0.05, 0.1) is 23.0 Å². The van der Waals surface area contributed by atoms with E-state index in [2.05, 4.69) is 4.98 Å². The summed E-state index contributed by atoms with van der Waals surface area (Å²) in [5, 5.41) is 22.1. The number of hydrogen-bond acceptors (Lipinski definition) is 9. The summed E-state index contributed by atoms with van der Waals surface area (Å²) < 4.78 is 154. The van der Waals surface area contributed by atoms with Gasteiger partial charge < -0.3 is 10.2 Å². The molecule has 0 spiro atoms. The first-order valence-electron chi connectivity index (χ1n) is 15.4. The molecule has 4 atom stereocenters. The average molecular weight is 804 g/mol. The maximum Gasteiger partial charge on any atom is 0.407 e. The molecule has 0 saturated heterocycles. The lowest BCUT2D eigenvalue weighted by Crippen LogP contribution is -2.48. The molecule has 0 radical (unpaired) electrons. The molecule has 1 saturated carbocycles. The summed E-state index contributed by atoms with van der Waals surface area (Å²) in [6, 6.07) is 0.729. The molecule has 0 unspecified atom stereocenters. The van der Waals surface area contributed by atoms with Crippen molar-refractivity contribution in [3.8, 4) is 0 Å². The van der Waals surface area contributed by atoms with Gasteiger partial charge >= 0.3 is 24.3 Å². The lowest BCUT2D eigenvalue weighted by molar-refractivity contribution is -0.164. The molecule has 1 aliphatic rings. The van der Waals surface area contributed by atoms with Crippen LogP contribution in [0.25, 0.3) is 0 Å². The van der Waals surface area contributed by atoms with Crippen molar-refractivity contribution in [3.63, 3.8) is 0 Å². The smallest absolute Gasteiger partial charge is 0.407 e. The van der Waals surface area contributed by atoms with Crippen molar-refractivity contribution < 1.29 is 71.8 Å². The van der Waals surface area contributed by atoms with Crippen LogP contribution in [0.15, 0.2) is 73.1 Å². The molecule has 53 heavy (non-hydrogen) atoms. The number of rotatable bonds is 16. The first-order valence-corrected chi connectivity index (χ1v) is 19.0. The molecule has 21 heteroatoms. The predicted octanol–water partition coefficient (Wildman–Crippen LogP) is 4.78. The van der Waals surface area contributed by atoms with Crippen LogP contribution in [0.5, 0.6) is 0 Å². The number of carboxylic acids is 2. The van der Waals surface area contributed by atoms with Crippen LogP contribution >= 0.6 is 0 Å². The number of carbonyl (C=O) groups is 2. The first kappa shape index (κ1) is 43.2. The number of carboxylic acid groups (broad SMARTS) is 2. The second-order valence-electron chi connectivity index (χ2n) is 12.1. The summed E-state index contributed by atoms with van der Waals surface area (Å²) >= 11 is 0. The number of benzene rings is 2.